The number of anilines is 2. The zero-order chi connectivity index (χ0) is 22.1. The highest BCUT2D eigenvalue weighted by atomic mass is 16.5. The predicted octanol–water partition coefficient (Wildman–Crippen LogP) is 6.19. The number of allylic oxidation sites excluding steroid dienone is 2. The minimum Gasteiger partial charge on any atom is -0.496 e. The van der Waals surface area contributed by atoms with Crippen molar-refractivity contribution >= 4 is 17.3 Å². The average molecular weight is 425 g/mol. The van der Waals surface area contributed by atoms with Gasteiger partial charge in [0.2, 0.25) is 0 Å². The first kappa shape index (κ1) is 20.4. The van der Waals surface area contributed by atoms with Crippen molar-refractivity contribution in [2.45, 2.75) is 25.3 Å². The fourth-order valence-electron chi connectivity index (χ4n) is 5.17. The molecule has 0 spiro atoms. The molecule has 0 radical (unpaired) electrons. The van der Waals surface area contributed by atoms with Gasteiger partial charge in [0.1, 0.15) is 5.75 Å². The van der Waals surface area contributed by atoms with Crippen LogP contribution < -0.4 is 15.0 Å². The van der Waals surface area contributed by atoms with Crippen LogP contribution in [0.2, 0.25) is 0 Å². The average Bonchev–Trinajstić information content (AvgIpc) is 3.35. The quantitative estimate of drug-likeness (QED) is 0.497. The van der Waals surface area contributed by atoms with E-state index in [1.807, 2.05) is 60.4 Å². The van der Waals surface area contributed by atoms with Crippen LogP contribution in [0, 0.1) is 5.92 Å². The summed E-state index contributed by atoms with van der Waals surface area (Å²) in [6, 6.07) is 24.4. The zero-order valence-electron chi connectivity index (χ0n) is 18.5. The molecule has 0 aromatic heterocycles. The standard InChI is InChI=1S/C28H28N2O2/c1-3-30(20-10-5-4-6-11-20)28(31)19-16-17-25-24(18-19)21-13-9-14-22(21)27(29-25)23-12-7-8-15-26(23)32-2/h4-13,15-18,21-22,27,29H,3,14H2,1-2H3. The van der Waals surface area contributed by atoms with Crippen LogP contribution in [0.5, 0.6) is 5.75 Å². The maximum Gasteiger partial charge on any atom is 0.258 e. The molecule has 0 bridgehead atoms. The van der Waals surface area contributed by atoms with E-state index in [1.54, 1.807) is 7.11 Å². The van der Waals surface area contributed by atoms with Gasteiger partial charge >= 0.3 is 0 Å². The van der Waals surface area contributed by atoms with Crippen LogP contribution in [-0.2, 0) is 0 Å². The number of rotatable bonds is 5. The van der Waals surface area contributed by atoms with E-state index < -0.39 is 0 Å². The van der Waals surface area contributed by atoms with Crippen molar-refractivity contribution in [3.05, 3.63) is 102 Å². The van der Waals surface area contributed by atoms with Crippen LogP contribution in [0.1, 0.15) is 46.8 Å². The second kappa shape index (κ2) is 8.54. The number of hydrogen-bond donors (Lipinski definition) is 1. The van der Waals surface area contributed by atoms with Crippen molar-refractivity contribution in [3.8, 4) is 5.75 Å². The predicted molar refractivity (Wildman–Crippen MR) is 130 cm³/mol. The first-order valence-corrected chi connectivity index (χ1v) is 11.3. The van der Waals surface area contributed by atoms with Crippen molar-refractivity contribution < 1.29 is 9.53 Å². The third-order valence-electron chi connectivity index (χ3n) is 6.71. The van der Waals surface area contributed by atoms with Crippen LogP contribution in [0.15, 0.2) is 84.9 Å². The molecule has 4 nitrogen and oxygen atoms in total. The zero-order valence-corrected chi connectivity index (χ0v) is 18.5. The van der Waals surface area contributed by atoms with Gasteiger partial charge in [-0.1, -0.05) is 48.6 Å². The number of fused-ring (bicyclic) bond motifs is 3. The molecule has 3 unspecified atom stereocenters. The van der Waals surface area contributed by atoms with Crippen molar-refractivity contribution in [3.63, 3.8) is 0 Å². The van der Waals surface area contributed by atoms with Crippen molar-refractivity contribution in [1.29, 1.82) is 0 Å². The maximum atomic E-state index is 13.4. The van der Waals surface area contributed by atoms with Gasteiger partial charge in [-0.2, -0.15) is 0 Å². The number of carbonyl (C=O) groups excluding carboxylic acids is 1. The highest BCUT2D eigenvalue weighted by Crippen LogP contribution is 2.51. The molecule has 0 saturated carbocycles. The number of hydrogen-bond acceptors (Lipinski definition) is 3. The molecule has 1 amide bonds. The molecule has 3 aromatic rings. The Bertz CT molecular complexity index is 1160. The smallest absolute Gasteiger partial charge is 0.258 e. The number of ether oxygens (including phenoxy) is 1. The Morgan fingerprint density at radius 1 is 1.03 bits per heavy atom. The Morgan fingerprint density at radius 3 is 2.59 bits per heavy atom. The molecule has 5 rings (SSSR count). The molecule has 1 aliphatic carbocycles. The van der Waals surface area contributed by atoms with Gasteiger partial charge in [0.25, 0.3) is 5.91 Å². The molecule has 3 atom stereocenters. The molecule has 0 saturated heterocycles. The van der Waals surface area contributed by atoms with Gasteiger partial charge in [0, 0.05) is 35.0 Å². The third-order valence-corrected chi connectivity index (χ3v) is 6.71. The minimum absolute atomic E-state index is 0.0341. The lowest BCUT2D eigenvalue weighted by molar-refractivity contribution is 0.0988. The summed E-state index contributed by atoms with van der Waals surface area (Å²) >= 11 is 0. The topological polar surface area (TPSA) is 41.6 Å². The van der Waals surface area contributed by atoms with Crippen LogP contribution >= 0.6 is 0 Å². The number of nitrogens with one attached hydrogen (secondary N) is 1. The van der Waals surface area contributed by atoms with Crippen molar-refractivity contribution in [2.24, 2.45) is 5.92 Å². The van der Waals surface area contributed by atoms with Crippen LogP contribution in [0.25, 0.3) is 0 Å². The second-order valence-corrected chi connectivity index (χ2v) is 8.40. The van der Waals surface area contributed by atoms with E-state index in [9.17, 15) is 4.79 Å². The number of amides is 1. The van der Waals surface area contributed by atoms with E-state index in [-0.39, 0.29) is 17.9 Å². The highest BCUT2D eigenvalue weighted by Gasteiger charge is 2.39. The highest BCUT2D eigenvalue weighted by molar-refractivity contribution is 6.06. The molecule has 1 aliphatic heterocycles. The summed E-state index contributed by atoms with van der Waals surface area (Å²) in [6.07, 6.45) is 5.57. The van der Waals surface area contributed by atoms with Crippen LogP contribution in [-0.4, -0.2) is 19.6 Å². The molecular weight excluding hydrogens is 396 g/mol. The summed E-state index contributed by atoms with van der Waals surface area (Å²) < 4.78 is 5.66. The molecule has 32 heavy (non-hydrogen) atoms. The normalized spacial score (nSPS) is 20.8. The second-order valence-electron chi connectivity index (χ2n) is 8.40. The fourth-order valence-corrected chi connectivity index (χ4v) is 5.17. The molecule has 1 heterocycles. The first-order valence-electron chi connectivity index (χ1n) is 11.3. The maximum absolute atomic E-state index is 13.4. The Labute approximate surface area is 189 Å². The molecule has 2 aliphatic rings. The van der Waals surface area contributed by atoms with Crippen LogP contribution in [0.4, 0.5) is 11.4 Å². The summed E-state index contributed by atoms with van der Waals surface area (Å²) in [5.41, 5.74) is 5.12. The van der Waals surface area contributed by atoms with E-state index in [0.29, 0.717) is 12.5 Å². The van der Waals surface area contributed by atoms with Gasteiger partial charge in [0.15, 0.2) is 0 Å². The van der Waals surface area contributed by atoms with E-state index in [2.05, 4.69) is 41.7 Å². The number of para-hydroxylation sites is 2. The molecule has 162 valence electrons. The summed E-state index contributed by atoms with van der Waals surface area (Å²) in [4.78, 5) is 15.2. The van der Waals surface area contributed by atoms with Gasteiger partial charge in [-0.05, 0) is 61.2 Å². The molecule has 1 N–H and O–H groups in total. The Morgan fingerprint density at radius 2 is 1.81 bits per heavy atom. The summed E-state index contributed by atoms with van der Waals surface area (Å²) in [5.74, 6) is 1.61. The van der Waals surface area contributed by atoms with Crippen LogP contribution in [0.3, 0.4) is 0 Å². The lowest BCUT2D eigenvalue weighted by Gasteiger charge is -2.38. The SMILES string of the molecule is CCN(C(=O)c1ccc2c(c1)C1C=CCC1C(c1ccccc1OC)N2)c1ccccc1. The summed E-state index contributed by atoms with van der Waals surface area (Å²) in [5, 5.41) is 3.76. The van der Waals surface area contributed by atoms with Gasteiger partial charge in [-0.3, -0.25) is 4.79 Å². The van der Waals surface area contributed by atoms with Gasteiger partial charge < -0.3 is 15.0 Å². The largest absolute Gasteiger partial charge is 0.496 e. The lowest BCUT2D eigenvalue weighted by atomic mass is 9.76. The van der Waals surface area contributed by atoms with E-state index in [4.69, 9.17) is 4.74 Å². The van der Waals surface area contributed by atoms with E-state index in [1.165, 1.54) is 11.1 Å². The third kappa shape index (κ3) is 3.46. The molecular formula is C28H28N2O2. The number of carbonyl (C=O) groups is 1. The fraction of sp³-hybridized carbons (Fsp3) is 0.250. The van der Waals surface area contributed by atoms with E-state index >= 15 is 0 Å². The first-order chi connectivity index (χ1) is 15.7. The Balaban J connectivity index is 1.50. The molecule has 4 heteroatoms. The molecule has 0 fully saturated rings. The van der Waals surface area contributed by atoms with Gasteiger partial charge in [-0.15, -0.1) is 0 Å². The monoisotopic (exact) mass is 424 g/mol. The summed E-state index contributed by atoms with van der Waals surface area (Å²) in [6.45, 7) is 2.64. The Hall–Kier alpha value is -3.53. The number of nitrogens with zero attached hydrogens (tertiary/aromatic N) is 1. The molecule has 3 aromatic carbocycles. The van der Waals surface area contributed by atoms with E-state index in [0.717, 1.165) is 29.1 Å². The number of methoxy groups -OCH3 is 1. The number of benzene rings is 3. The van der Waals surface area contributed by atoms with Gasteiger partial charge in [-0.25, -0.2) is 0 Å². The summed E-state index contributed by atoms with van der Waals surface area (Å²) in [7, 11) is 1.73. The van der Waals surface area contributed by atoms with Crippen molar-refractivity contribution in [1.82, 2.24) is 0 Å². The lowest BCUT2D eigenvalue weighted by Crippen LogP contribution is -2.32. The minimum atomic E-state index is 0.0341. The van der Waals surface area contributed by atoms with Crippen molar-refractivity contribution in [2.75, 3.05) is 23.9 Å². The van der Waals surface area contributed by atoms with Gasteiger partial charge in [0.05, 0.1) is 13.2 Å². The Kier molecular flexibility index (Phi) is 5.44.